The van der Waals surface area contributed by atoms with Crippen LogP contribution in [0.2, 0.25) is 0 Å². The van der Waals surface area contributed by atoms with Crippen molar-refractivity contribution in [1.29, 1.82) is 0 Å². The van der Waals surface area contributed by atoms with Crippen molar-refractivity contribution in [3.8, 4) is 0 Å². The van der Waals surface area contributed by atoms with Gasteiger partial charge in [0.2, 0.25) is 0 Å². The summed E-state index contributed by atoms with van der Waals surface area (Å²) in [6.07, 6.45) is 6.27. The molecule has 2 heterocycles. The van der Waals surface area contributed by atoms with Crippen molar-refractivity contribution in [1.82, 2.24) is 10.2 Å². The molecule has 0 aliphatic carbocycles. The molecule has 3 atom stereocenters. The maximum Gasteiger partial charge on any atom is 0.0783 e. The number of ether oxygens (including phenoxy) is 1. The number of nitrogens with one attached hydrogen (secondary N) is 1. The fraction of sp³-hybridized carbons (Fsp3) is 1.00. The lowest BCUT2D eigenvalue weighted by molar-refractivity contribution is -0.0856. The normalized spacial score (nSPS) is 32.1. The molecule has 20 heavy (non-hydrogen) atoms. The number of hydrogen-bond donors (Lipinski definition) is 1. The van der Waals surface area contributed by atoms with Crippen LogP contribution in [-0.4, -0.2) is 61.8 Å². The van der Waals surface area contributed by atoms with E-state index in [4.69, 9.17) is 4.74 Å². The molecule has 0 radical (unpaired) electrons. The lowest BCUT2D eigenvalue weighted by atomic mass is 9.80. The molecular weight excluding hydrogens is 268 g/mol. The van der Waals surface area contributed by atoms with Gasteiger partial charge < -0.3 is 15.0 Å². The van der Waals surface area contributed by atoms with E-state index < -0.39 is 0 Å². The van der Waals surface area contributed by atoms with Crippen LogP contribution in [-0.2, 0) is 4.74 Å². The third-order valence-electron chi connectivity index (χ3n) is 4.71. The van der Waals surface area contributed by atoms with E-state index in [0.29, 0.717) is 6.04 Å². The zero-order valence-electron chi connectivity index (χ0n) is 13.5. The minimum Gasteiger partial charge on any atom is -0.374 e. The van der Waals surface area contributed by atoms with E-state index in [1.165, 1.54) is 50.2 Å². The highest BCUT2D eigenvalue weighted by atomic mass is 32.2. The topological polar surface area (TPSA) is 24.5 Å². The predicted molar refractivity (Wildman–Crippen MR) is 88.6 cm³/mol. The highest BCUT2D eigenvalue weighted by Crippen LogP contribution is 2.41. The van der Waals surface area contributed by atoms with Gasteiger partial charge in [-0.15, -0.1) is 0 Å². The second kappa shape index (κ2) is 8.02. The van der Waals surface area contributed by atoms with Gasteiger partial charge in [-0.1, -0.05) is 6.92 Å². The van der Waals surface area contributed by atoms with Crippen LogP contribution in [0.3, 0.4) is 0 Å². The molecule has 3 nitrogen and oxygen atoms in total. The third kappa shape index (κ3) is 4.62. The Bertz CT molecular complexity index is 280. The van der Waals surface area contributed by atoms with Crippen molar-refractivity contribution in [2.75, 3.05) is 45.3 Å². The Hall–Kier alpha value is 0.230. The fourth-order valence-electron chi connectivity index (χ4n) is 3.50. The summed E-state index contributed by atoms with van der Waals surface area (Å²) < 4.78 is 6.18. The molecule has 2 saturated heterocycles. The van der Waals surface area contributed by atoms with Gasteiger partial charge in [0.25, 0.3) is 0 Å². The number of thioether (sulfide) groups is 1. The zero-order chi connectivity index (χ0) is 14.4. The van der Waals surface area contributed by atoms with E-state index in [1.807, 2.05) is 0 Å². The summed E-state index contributed by atoms with van der Waals surface area (Å²) >= 11 is 2.08. The SMILES string of the molecule is CCCNC(CCN(C)C)C1CCOC2(CCSC2)C1. The molecule has 0 bridgehead atoms. The van der Waals surface area contributed by atoms with Crippen molar-refractivity contribution < 1.29 is 4.74 Å². The maximum atomic E-state index is 6.18. The van der Waals surface area contributed by atoms with Crippen LogP contribution >= 0.6 is 11.8 Å². The Labute approximate surface area is 129 Å². The molecule has 2 rings (SSSR count). The van der Waals surface area contributed by atoms with Gasteiger partial charge in [0.05, 0.1) is 5.60 Å². The molecular formula is C16H32N2OS. The van der Waals surface area contributed by atoms with Crippen LogP contribution < -0.4 is 5.32 Å². The zero-order valence-corrected chi connectivity index (χ0v) is 14.3. The van der Waals surface area contributed by atoms with Gasteiger partial charge in [0.15, 0.2) is 0 Å². The van der Waals surface area contributed by atoms with Crippen molar-refractivity contribution in [3.63, 3.8) is 0 Å². The molecule has 0 aromatic rings. The molecule has 2 aliphatic rings. The molecule has 1 N–H and O–H groups in total. The maximum absolute atomic E-state index is 6.18. The van der Waals surface area contributed by atoms with Gasteiger partial charge >= 0.3 is 0 Å². The standard InChI is InChI=1S/C16H32N2OS/c1-4-8-17-15(5-9-18(2)3)14-6-10-19-16(12-14)7-11-20-13-16/h14-15,17H,4-13H2,1-3H3. The van der Waals surface area contributed by atoms with E-state index in [1.54, 1.807) is 0 Å². The summed E-state index contributed by atoms with van der Waals surface area (Å²) in [6, 6.07) is 0.670. The smallest absolute Gasteiger partial charge is 0.0783 e. The van der Waals surface area contributed by atoms with Gasteiger partial charge in [0, 0.05) is 18.4 Å². The quantitative estimate of drug-likeness (QED) is 0.781. The number of nitrogens with zero attached hydrogens (tertiary/aromatic N) is 1. The average Bonchev–Trinajstić information content (AvgIpc) is 2.86. The summed E-state index contributed by atoms with van der Waals surface area (Å²) in [7, 11) is 4.35. The molecule has 118 valence electrons. The highest BCUT2D eigenvalue weighted by molar-refractivity contribution is 7.99. The fourth-order valence-corrected chi connectivity index (χ4v) is 4.88. The second-order valence-corrected chi connectivity index (χ2v) is 7.84. The van der Waals surface area contributed by atoms with E-state index in [2.05, 4.69) is 43.0 Å². The summed E-state index contributed by atoms with van der Waals surface area (Å²) in [6.45, 7) is 5.56. The molecule has 0 amide bonds. The first-order valence-corrected chi connectivity index (χ1v) is 9.40. The molecule has 4 heteroatoms. The van der Waals surface area contributed by atoms with Gasteiger partial charge in [-0.05, 0) is 71.0 Å². The van der Waals surface area contributed by atoms with Gasteiger partial charge in [-0.25, -0.2) is 0 Å². The molecule has 1 spiro atoms. The Morgan fingerprint density at radius 1 is 1.45 bits per heavy atom. The third-order valence-corrected chi connectivity index (χ3v) is 5.93. The summed E-state index contributed by atoms with van der Waals surface area (Å²) in [5, 5.41) is 3.81. The van der Waals surface area contributed by atoms with Crippen LogP contribution in [0.1, 0.15) is 39.0 Å². The average molecular weight is 301 g/mol. The van der Waals surface area contributed by atoms with Gasteiger partial charge in [-0.2, -0.15) is 11.8 Å². The van der Waals surface area contributed by atoms with Crippen molar-refractivity contribution in [2.24, 2.45) is 5.92 Å². The van der Waals surface area contributed by atoms with E-state index >= 15 is 0 Å². The Morgan fingerprint density at radius 2 is 2.30 bits per heavy atom. The molecule has 0 aromatic carbocycles. The lowest BCUT2D eigenvalue weighted by Gasteiger charge is -2.41. The molecule has 0 aromatic heterocycles. The summed E-state index contributed by atoms with van der Waals surface area (Å²) in [5.41, 5.74) is 0.220. The molecule has 3 unspecified atom stereocenters. The predicted octanol–water partition coefficient (Wildman–Crippen LogP) is 2.61. The largest absolute Gasteiger partial charge is 0.374 e. The molecule has 2 fully saturated rings. The highest BCUT2D eigenvalue weighted by Gasteiger charge is 2.42. The summed E-state index contributed by atoms with van der Waals surface area (Å²) in [4.78, 5) is 2.31. The molecule has 0 saturated carbocycles. The van der Waals surface area contributed by atoms with Crippen LogP contribution in [0.25, 0.3) is 0 Å². The minimum absolute atomic E-state index is 0.220. The monoisotopic (exact) mass is 300 g/mol. The first kappa shape index (κ1) is 16.6. The van der Waals surface area contributed by atoms with E-state index in [-0.39, 0.29) is 5.60 Å². The van der Waals surface area contributed by atoms with Gasteiger partial charge in [0.1, 0.15) is 0 Å². The molecule has 2 aliphatic heterocycles. The Morgan fingerprint density at radius 3 is 2.95 bits per heavy atom. The van der Waals surface area contributed by atoms with Crippen molar-refractivity contribution in [2.45, 2.75) is 50.7 Å². The first-order chi connectivity index (χ1) is 9.65. The first-order valence-electron chi connectivity index (χ1n) is 8.25. The Balaban J connectivity index is 1.91. The van der Waals surface area contributed by atoms with Crippen LogP contribution in [0.15, 0.2) is 0 Å². The number of rotatable bonds is 7. The van der Waals surface area contributed by atoms with Gasteiger partial charge in [-0.3, -0.25) is 0 Å². The lowest BCUT2D eigenvalue weighted by Crippen LogP contribution is -2.48. The summed E-state index contributed by atoms with van der Waals surface area (Å²) in [5.74, 6) is 3.31. The van der Waals surface area contributed by atoms with Crippen molar-refractivity contribution >= 4 is 11.8 Å². The van der Waals surface area contributed by atoms with Crippen LogP contribution in [0.4, 0.5) is 0 Å². The van der Waals surface area contributed by atoms with E-state index in [0.717, 1.165) is 19.1 Å². The minimum atomic E-state index is 0.220. The van der Waals surface area contributed by atoms with Crippen LogP contribution in [0.5, 0.6) is 0 Å². The van der Waals surface area contributed by atoms with Crippen molar-refractivity contribution in [3.05, 3.63) is 0 Å². The number of hydrogen-bond acceptors (Lipinski definition) is 4. The van der Waals surface area contributed by atoms with E-state index in [9.17, 15) is 0 Å². The second-order valence-electron chi connectivity index (χ2n) is 6.74. The van der Waals surface area contributed by atoms with Crippen LogP contribution in [0, 0.1) is 5.92 Å². The Kier molecular flexibility index (Phi) is 6.66.